The molecule has 1 N–H and O–H groups in total. The number of hydrogen-bond acceptors (Lipinski definition) is 5. The molecule has 0 bridgehead atoms. The molecular formula is C19H16N2O4. The molecule has 1 aliphatic heterocycles. The van der Waals surface area contributed by atoms with Crippen LogP contribution in [-0.2, 0) is 4.79 Å². The topological polar surface area (TPSA) is 80.6 Å². The molecule has 2 aromatic rings. The van der Waals surface area contributed by atoms with Crippen LogP contribution in [-0.4, -0.2) is 27.2 Å². The lowest BCUT2D eigenvalue weighted by Gasteiger charge is -2.13. The van der Waals surface area contributed by atoms with E-state index >= 15 is 0 Å². The molecule has 0 aliphatic carbocycles. The molecule has 1 heterocycles. The summed E-state index contributed by atoms with van der Waals surface area (Å²) in [5, 5.41) is 11.8. The van der Waals surface area contributed by atoms with Crippen LogP contribution < -0.4 is 19.5 Å². The maximum absolute atomic E-state index is 12.4. The molecule has 6 nitrogen and oxygen atoms in total. The van der Waals surface area contributed by atoms with Gasteiger partial charge in [0.15, 0.2) is 0 Å². The van der Waals surface area contributed by atoms with E-state index in [0.717, 1.165) is 5.56 Å². The van der Waals surface area contributed by atoms with Crippen molar-refractivity contribution in [3.05, 3.63) is 47.0 Å². The van der Waals surface area contributed by atoms with E-state index in [1.54, 1.807) is 43.5 Å². The molecule has 2 aromatic carbocycles. The molecular weight excluding hydrogens is 320 g/mol. The molecule has 0 saturated carbocycles. The minimum Gasteiger partial charge on any atom is -0.496 e. The van der Waals surface area contributed by atoms with Gasteiger partial charge in [-0.1, -0.05) is 6.07 Å². The highest BCUT2D eigenvalue weighted by atomic mass is 16.5. The number of nitrogens with one attached hydrogen (secondary N) is 1. The van der Waals surface area contributed by atoms with Gasteiger partial charge >= 0.3 is 0 Å². The number of ether oxygens (including phenoxy) is 3. The molecule has 0 fully saturated rings. The predicted octanol–water partition coefficient (Wildman–Crippen LogP) is 3.08. The van der Waals surface area contributed by atoms with Crippen molar-refractivity contribution in [1.82, 2.24) is 0 Å². The largest absolute Gasteiger partial charge is 0.496 e. The lowest BCUT2D eigenvalue weighted by atomic mass is 10.0. The lowest BCUT2D eigenvalue weighted by molar-refractivity contribution is -0.110. The van der Waals surface area contributed by atoms with Crippen LogP contribution in [0.1, 0.15) is 16.7 Å². The molecule has 1 amide bonds. The normalized spacial score (nSPS) is 13.8. The average Bonchev–Trinajstić information content (AvgIpc) is 2.95. The number of nitriles is 1. The third-order valence-electron chi connectivity index (χ3n) is 3.97. The number of methoxy groups -OCH3 is 3. The highest BCUT2D eigenvalue weighted by Gasteiger charge is 2.25. The summed E-state index contributed by atoms with van der Waals surface area (Å²) in [7, 11) is 4.63. The van der Waals surface area contributed by atoms with E-state index < -0.39 is 0 Å². The standard InChI is InChI=1S/C19H16N2O4/c1-23-12-7-17(24-2)15(18(8-12)25-3)9-14-13-5-4-11(10-20)6-16(13)21-19(14)22/h4-9H,1-3H3,(H,21,22). The summed E-state index contributed by atoms with van der Waals surface area (Å²) in [6, 6.07) is 10.6. The van der Waals surface area contributed by atoms with Gasteiger partial charge in [-0.2, -0.15) is 5.26 Å². The quantitative estimate of drug-likeness (QED) is 0.868. The van der Waals surface area contributed by atoms with E-state index in [0.29, 0.717) is 39.6 Å². The first kappa shape index (κ1) is 16.4. The fourth-order valence-electron chi connectivity index (χ4n) is 2.73. The van der Waals surface area contributed by atoms with Crippen LogP contribution in [0.3, 0.4) is 0 Å². The van der Waals surface area contributed by atoms with E-state index in [1.807, 2.05) is 0 Å². The van der Waals surface area contributed by atoms with E-state index in [4.69, 9.17) is 19.5 Å². The SMILES string of the molecule is COc1cc(OC)c(C=C2C(=O)Nc3cc(C#N)ccc32)c(OC)c1. The molecule has 6 heteroatoms. The summed E-state index contributed by atoms with van der Waals surface area (Å²) in [6.45, 7) is 0. The number of amides is 1. The van der Waals surface area contributed by atoms with Crippen molar-refractivity contribution >= 4 is 23.2 Å². The Morgan fingerprint density at radius 1 is 1.04 bits per heavy atom. The number of anilines is 1. The molecule has 0 atom stereocenters. The van der Waals surface area contributed by atoms with Crippen molar-refractivity contribution < 1.29 is 19.0 Å². The van der Waals surface area contributed by atoms with Crippen molar-refractivity contribution in [2.45, 2.75) is 0 Å². The molecule has 0 aromatic heterocycles. The van der Waals surface area contributed by atoms with Crippen molar-refractivity contribution in [1.29, 1.82) is 5.26 Å². The van der Waals surface area contributed by atoms with E-state index in [1.165, 1.54) is 14.2 Å². The Kier molecular flexibility index (Phi) is 4.31. The van der Waals surface area contributed by atoms with Gasteiger partial charge in [0.2, 0.25) is 0 Å². The number of carbonyl (C=O) groups is 1. The van der Waals surface area contributed by atoms with Gasteiger partial charge in [-0.25, -0.2) is 0 Å². The molecule has 25 heavy (non-hydrogen) atoms. The smallest absolute Gasteiger partial charge is 0.256 e. The summed E-state index contributed by atoms with van der Waals surface area (Å²) >= 11 is 0. The highest BCUT2D eigenvalue weighted by Crippen LogP contribution is 2.40. The van der Waals surface area contributed by atoms with Gasteiger partial charge in [-0.3, -0.25) is 4.79 Å². The molecule has 0 saturated heterocycles. The van der Waals surface area contributed by atoms with Crippen molar-refractivity contribution in [3.8, 4) is 23.3 Å². The van der Waals surface area contributed by atoms with Gasteiger partial charge in [0, 0.05) is 23.3 Å². The second-order valence-electron chi connectivity index (χ2n) is 5.33. The first-order valence-electron chi connectivity index (χ1n) is 7.48. The number of hydrogen-bond donors (Lipinski definition) is 1. The molecule has 1 aliphatic rings. The third kappa shape index (κ3) is 2.88. The number of rotatable bonds is 4. The van der Waals surface area contributed by atoms with Crippen LogP contribution >= 0.6 is 0 Å². The Balaban J connectivity index is 2.17. The summed E-state index contributed by atoms with van der Waals surface area (Å²) in [6.07, 6.45) is 1.71. The maximum atomic E-state index is 12.4. The summed E-state index contributed by atoms with van der Waals surface area (Å²) in [4.78, 5) is 12.4. The number of carbonyl (C=O) groups excluding carboxylic acids is 1. The Morgan fingerprint density at radius 2 is 1.72 bits per heavy atom. The van der Waals surface area contributed by atoms with Crippen LogP contribution in [0.5, 0.6) is 17.2 Å². The van der Waals surface area contributed by atoms with E-state index in [-0.39, 0.29) is 5.91 Å². The van der Waals surface area contributed by atoms with Crippen LogP contribution in [0, 0.1) is 11.3 Å². The van der Waals surface area contributed by atoms with Crippen molar-refractivity contribution in [2.24, 2.45) is 0 Å². The van der Waals surface area contributed by atoms with E-state index in [9.17, 15) is 4.79 Å². The van der Waals surface area contributed by atoms with Crippen molar-refractivity contribution in [2.75, 3.05) is 26.6 Å². The minimum atomic E-state index is -0.245. The van der Waals surface area contributed by atoms with Crippen LogP contribution in [0.4, 0.5) is 5.69 Å². The van der Waals surface area contributed by atoms with Crippen molar-refractivity contribution in [3.63, 3.8) is 0 Å². The lowest BCUT2D eigenvalue weighted by Crippen LogP contribution is -2.04. The van der Waals surface area contributed by atoms with Gasteiger partial charge in [-0.05, 0) is 18.2 Å². The van der Waals surface area contributed by atoms with E-state index in [2.05, 4.69) is 11.4 Å². The Labute approximate surface area is 145 Å². The van der Waals surface area contributed by atoms with Crippen LogP contribution in [0.2, 0.25) is 0 Å². The second-order valence-corrected chi connectivity index (χ2v) is 5.33. The summed E-state index contributed by atoms with van der Waals surface area (Å²) in [5.74, 6) is 1.40. The van der Waals surface area contributed by atoms with Gasteiger partial charge in [0.05, 0.1) is 44.2 Å². The molecule has 126 valence electrons. The monoisotopic (exact) mass is 336 g/mol. The maximum Gasteiger partial charge on any atom is 0.256 e. The molecule has 0 unspecified atom stereocenters. The zero-order valence-electron chi connectivity index (χ0n) is 14.0. The van der Waals surface area contributed by atoms with Gasteiger partial charge in [0.1, 0.15) is 17.2 Å². The minimum absolute atomic E-state index is 0.245. The second kappa shape index (κ2) is 6.57. The molecule has 3 rings (SSSR count). The number of benzene rings is 2. The Hall–Kier alpha value is -3.46. The number of fused-ring (bicyclic) bond motifs is 1. The zero-order chi connectivity index (χ0) is 18.0. The average molecular weight is 336 g/mol. The van der Waals surface area contributed by atoms with Crippen LogP contribution in [0.15, 0.2) is 30.3 Å². The first-order valence-corrected chi connectivity index (χ1v) is 7.48. The first-order chi connectivity index (χ1) is 12.1. The summed E-state index contributed by atoms with van der Waals surface area (Å²) < 4.78 is 16.1. The predicted molar refractivity (Wildman–Crippen MR) is 93.8 cm³/mol. The van der Waals surface area contributed by atoms with Gasteiger partial charge in [0.25, 0.3) is 5.91 Å². The van der Waals surface area contributed by atoms with Crippen LogP contribution in [0.25, 0.3) is 11.6 Å². The number of nitrogens with zero attached hydrogens (tertiary/aromatic N) is 1. The van der Waals surface area contributed by atoms with Gasteiger partial charge in [-0.15, -0.1) is 0 Å². The Bertz CT molecular complexity index is 901. The molecule has 0 radical (unpaired) electrons. The Morgan fingerprint density at radius 3 is 2.28 bits per heavy atom. The fraction of sp³-hybridized carbons (Fsp3) is 0.158. The third-order valence-corrected chi connectivity index (χ3v) is 3.97. The van der Waals surface area contributed by atoms with Gasteiger partial charge < -0.3 is 19.5 Å². The highest BCUT2D eigenvalue weighted by molar-refractivity contribution is 6.35. The zero-order valence-corrected chi connectivity index (χ0v) is 14.0. The fourth-order valence-corrected chi connectivity index (χ4v) is 2.73. The molecule has 0 spiro atoms. The summed E-state index contributed by atoms with van der Waals surface area (Å²) in [5.41, 5.74) is 2.93.